The smallest absolute Gasteiger partial charge is 0.263 e. The van der Waals surface area contributed by atoms with Crippen molar-refractivity contribution in [3.63, 3.8) is 0 Å². The lowest BCUT2D eigenvalue weighted by Crippen LogP contribution is -2.14. The highest BCUT2D eigenvalue weighted by molar-refractivity contribution is 7.92. The van der Waals surface area contributed by atoms with Crippen LogP contribution in [0.25, 0.3) is 10.8 Å². The van der Waals surface area contributed by atoms with Crippen LogP contribution >= 0.6 is 11.6 Å². The maximum atomic E-state index is 12.3. The fourth-order valence-electron chi connectivity index (χ4n) is 1.92. The fourth-order valence-corrected chi connectivity index (χ4v) is 3.10. The van der Waals surface area contributed by atoms with Gasteiger partial charge in [0, 0.05) is 6.07 Å². The largest absolute Gasteiger partial charge is 0.263 e. The summed E-state index contributed by atoms with van der Waals surface area (Å²) in [6.07, 6.45) is 1.20. The van der Waals surface area contributed by atoms with Crippen LogP contribution in [0.2, 0.25) is 5.15 Å². The number of nitrogens with one attached hydrogen (secondary N) is 1. The Morgan fingerprint density at radius 2 is 1.71 bits per heavy atom. The minimum atomic E-state index is -3.72. The Morgan fingerprint density at radius 3 is 2.48 bits per heavy atom. The number of aromatic nitrogens is 2. The third kappa shape index (κ3) is 2.96. The minimum absolute atomic E-state index is 0.128. The monoisotopic (exact) mass is 319 g/mol. The van der Waals surface area contributed by atoms with Crippen molar-refractivity contribution in [1.82, 2.24) is 9.97 Å². The molecule has 21 heavy (non-hydrogen) atoms. The minimum Gasteiger partial charge on any atom is -0.263 e. The molecule has 0 saturated carbocycles. The highest BCUT2D eigenvalue weighted by Gasteiger charge is 2.15. The summed E-state index contributed by atoms with van der Waals surface area (Å²) < 4.78 is 27.1. The van der Waals surface area contributed by atoms with E-state index in [0.717, 1.165) is 10.8 Å². The summed E-state index contributed by atoms with van der Waals surface area (Å²) >= 11 is 5.71. The van der Waals surface area contributed by atoms with Crippen LogP contribution in [0.3, 0.4) is 0 Å². The lowest BCUT2D eigenvalue weighted by Gasteiger charge is -2.08. The average molecular weight is 320 g/mol. The van der Waals surface area contributed by atoms with E-state index in [0.29, 0.717) is 0 Å². The van der Waals surface area contributed by atoms with E-state index in [2.05, 4.69) is 14.7 Å². The molecular weight excluding hydrogens is 310 g/mol. The van der Waals surface area contributed by atoms with Gasteiger partial charge in [0.2, 0.25) is 0 Å². The molecule has 0 aliphatic heterocycles. The number of benzene rings is 2. The Bertz CT molecular complexity index is 913. The fraction of sp³-hybridized carbons (Fsp3) is 0. The number of hydrogen-bond acceptors (Lipinski definition) is 4. The lowest BCUT2D eigenvalue weighted by molar-refractivity contribution is 0.601. The van der Waals surface area contributed by atoms with Gasteiger partial charge in [0.25, 0.3) is 10.0 Å². The second-order valence-corrected chi connectivity index (χ2v) is 6.41. The number of nitrogens with zero attached hydrogens (tertiary/aromatic N) is 2. The summed E-state index contributed by atoms with van der Waals surface area (Å²) in [5, 5.41) is 1.99. The Labute approximate surface area is 126 Å². The van der Waals surface area contributed by atoms with Gasteiger partial charge in [-0.3, -0.25) is 4.72 Å². The maximum absolute atomic E-state index is 12.3. The molecule has 0 bridgehead atoms. The first kappa shape index (κ1) is 13.8. The van der Waals surface area contributed by atoms with E-state index in [9.17, 15) is 8.42 Å². The summed E-state index contributed by atoms with van der Waals surface area (Å²) in [7, 11) is -3.72. The molecule has 0 atom stereocenters. The summed E-state index contributed by atoms with van der Waals surface area (Å²) in [5.74, 6) is 0.128. The maximum Gasteiger partial charge on any atom is 0.263 e. The molecule has 3 aromatic rings. The topological polar surface area (TPSA) is 72.0 Å². The predicted molar refractivity (Wildman–Crippen MR) is 81.8 cm³/mol. The summed E-state index contributed by atoms with van der Waals surface area (Å²) in [4.78, 5) is 7.69. The average Bonchev–Trinajstić information content (AvgIpc) is 2.46. The summed E-state index contributed by atoms with van der Waals surface area (Å²) in [6.45, 7) is 0. The standard InChI is InChI=1S/C14H10ClN3O2S/c15-13-8-14(17-9-16-13)18-21(19,20)12-6-5-10-3-1-2-4-11(10)7-12/h1-9H,(H,16,17,18). The Balaban J connectivity index is 2.00. The van der Waals surface area contributed by atoms with E-state index in [1.165, 1.54) is 12.4 Å². The van der Waals surface area contributed by atoms with E-state index < -0.39 is 10.0 Å². The van der Waals surface area contributed by atoms with Crippen molar-refractivity contribution in [1.29, 1.82) is 0 Å². The van der Waals surface area contributed by atoms with E-state index in [1.807, 2.05) is 24.3 Å². The highest BCUT2D eigenvalue weighted by atomic mass is 35.5. The molecule has 106 valence electrons. The van der Waals surface area contributed by atoms with Crippen molar-refractivity contribution < 1.29 is 8.42 Å². The summed E-state index contributed by atoms with van der Waals surface area (Å²) in [5.41, 5.74) is 0. The van der Waals surface area contributed by atoms with Crippen molar-refractivity contribution >= 4 is 38.2 Å². The van der Waals surface area contributed by atoms with Gasteiger partial charge < -0.3 is 0 Å². The zero-order valence-electron chi connectivity index (χ0n) is 10.7. The molecule has 0 radical (unpaired) electrons. The zero-order chi connectivity index (χ0) is 14.9. The Hall–Kier alpha value is -2.18. The normalized spacial score (nSPS) is 11.5. The van der Waals surface area contributed by atoms with Gasteiger partial charge in [-0.1, -0.05) is 41.9 Å². The van der Waals surface area contributed by atoms with Crippen LogP contribution in [0.4, 0.5) is 5.82 Å². The van der Waals surface area contributed by atoms with Gasteiger partial charge in [0.15, 0.2) is 0 Å². The second kappa shape index (κ2) is 5.31. The van der Waals surface area contributed by atoms with Gasteiger partial charge in [0.1, 0.15) is 17.3 Å². The molecule has 1 N–H and O–H groups in total. The number of anilines is 1. The predicted octanol–water partition coefficient (Wildman–Crippen LogP) is 3.08. The van der Waals surface area contributed by atoms with Crippen molar-refractivity contribution in [2.75, 3.05) is 4.72 Å². The van der Waals surface area contributed by atoms with Crippen molar-refractivity contribution in [3.05, 3.63) is 60.0 Å². The molecule has 5 nitrogen and oxygen atoms in total. The molecule has 3 rings (SSSR count). The van der Waals surface area contributed by atoms with Crippen LogP contribution in [0.15, 0.2) is 59.8 Å². The molecule has 0 aliphatic carbocycles. The van der Waals surface area contributed by atoms with Gasteiger partial charge in [-0.2, -0.15) is 0 Å². The number of fused-ring (bicyclic) bond motifs is 1. The van der Waals surface area contributed by atoms with Gasteiger partial charge in [-0.15, -0.1) is 0 Å². The molecule has 7 heteroatoms. The van der Waals surface area contributed by atoms with Gasteiger partial charge in [0.05, 0.1) is 4.90 Å². The molecule has 0 unspecified atom stereocenters. The van der Waals surface area contributed by atoms with Crippen LogP contribution in [0, 0.1) is 0 Å². The first-order chi connectivity index (χ1) is 10.0. The Kier molecular flexibility index (Phi) is 3.48. The van der Waals surface area contributed by atoms with Crippen molar-refractivity contribution in [2.24, 2.45) is 0 Å². The number of sulfonamides is 1. The molecule has 2 aromatic carbocycles. The van der Waals surface area contributed by atoms with E-state index in [1.54, 1.807) is 18.2 Å². The molecule has 1 heterocycles. The molecule has 0 saturated heterocycles. The van der Waals surface area contributed by atoms with Crippen LogP contribution in [-0.2, 0) is 10.0 Å². The van der Waals surface area contributed by atoms with E-state index in [-0.39, 0.29) is 15.9 Å². The molecule has 0 spiro atoms. The number of hydrogen-bond donors (Lipinski definition) is 1. The molecular formula is C14H10ClN3O2S. The second-order valence-electron chi connectivity index (χ2n) is 4.34. The van der Waals surface area contributed by atoms with E-state index >= 15 is 0 Å². The molecule has 0 fully saturated rings. The van der Waals surface area contributed by atoms with Crippen LogP contribution < -0.4 is 4.72 Å². The first-order valence-corrected chi connectivity index (χ1v) is 7.90. The third-order valence-corrected chi connectivity index (χ3v) is 4.46. The highest BCUT2D eigenvalue weighted by Crippen LogP contribution is 2.21. The zero-order valence-corrected chi connectivity index (χ0v) is 12.3. The SMILES string of the molecule is O=S(=O)(Nc1cc(Cl)ncn1)c1ccc2ccccc2c1. The number of halogens is 1. The van der Waals surface area contributed by atoms with Crippen LogP contribution in [-0.4, -0.2) is 18.4 Å². The molecule has 0 amide bonds. The Morgan fingerprint density at radius 1 is 0.952 bits per heavy atom. The third-order valence-electron chi connectivity index (χ3n) is 2.90. The molecule has 1 aromatic heterocycles. The van der Waals surface area contributed by atoms with Gasteiger partial charge in [-0.25, -0.2) is 18.4 Å². The molecule has 0 aliphatic rings. The number of rotatable bonds is 3. The van der Waals surface area contributed by atoms with Gasteiger partial charge in [-0.05, 0) is 22.9 Å². The lowest BCUT2D eigenvalue weighted by atomic mass is 10.1. The van der Waals surface area contributed by atoms with Crippen molar-refractivity contribution in [3.8, 4) is 0 Å². The van der Waals surface area contributed by atoms with Crippen LogP contribution in [0.5, 0.6) is 0 Å². The quantitative estimate of drug-likeness (QED) is 0.753. The van der Waals surface area contributed by atoms with Crippen LogP contribution in [0.1, 0.15) is 0 Å². The van der Waals surface area contributed by atoms with E-state index in [4.69, 9.17) is 11.6 Å². The van der Waals surface area contributed by atoms with Gasteiger partial charge >= 0.3 is 0 Å². The summed E-state index contributed by atoms with van der Waals surface area (Å²) in [6, 6.07) is 13.8. The first-order valence-electron chi connectivity index (χ1n) is 6.04. The van der Waals surface area contributed by atoms with Crippen molar-refractivity contribution in [2.45, 2.75) is 4.90 Å².